The minimum Gasteiger partial charge on any atom is -0.393 e. The lowest BCUT2D eigenvalue weighted by Gasteiger charge is -2.37. The molecule has 0 aliphatic heterocycles. The topological polar surface area (TPSA) is 29.5 Å². The van der Waals surface area contributed by atoms with E-state index in [-0.39, 0.29) is 6.10 Å². The Labute approximate surface area is 116 Å². The first-order chi connectivity index (χ1) is 9.22. The Balaban J connectivity index is 1.99. The Bertz CT molecular complexity index is 363. The first-order valence-corrected chi connectivity index (χ1v) is 7.44. The molecule has 106 valence electrons. The molecule has 1 fully saturated rings. The van der Waals surface area contributed by atoms with Gasteiger partial charge in [0.05, 0.1) is 6.10 Å². The molecule has 2 nitrogen and oxygen atoms in total. The molecule has 0 radical (unpaired) electrons. The van der Waals surface area contributed by atoms with Gasteiger partial charge in [0, 0.05) is 13.7 Å². The quantitative estimate of drug-likeness (QED) is 0.878. The summed E-state index contributed by atoms with van der Waals surface area (Å²) in [6, 6.07) is 10.7. The van der Waals surface area contributed by atoms with Crippen LogP contribution in [0.25, 0.3) is 0 Å². The highest BCUT2D eigenvalue weighted by atomic mass is 16.5. The zero-order valence-corrected chi connectivity index (χ0v) is 12.1. The van der Waals surface area contributed by atoms with Crippen molar-refractivity contribution in [3.8, 4) is 0 Å². The maximum Gasteiger partial charge on any atom is 0.0571 e. The molecule has 1 aromatic rings. The van der Waals surface area contributed by atoms with E-state index in [0.29, 0.717) is 17.8 Å². The molecule has 1 N–H and O–H groups in total. The largest absolute Gasteiger partial charge is 0.393 e. The van der Waals surface area contributed by atoms with E-state index in [2.05, 4.69) is 37.3 Å². The van der Waals surface area contributed by atoms with E-state index in [1.807, 2.05) is 0 Å². The number of aliphatic hydroxyl groups excluding tert-OH is 1. The van der Waals surface area contributed by atoms with Gasteiger partial charge in [-0.05, 0) is 49.0 Å². The van der Waals surface area contributed by atoms with Crippen LogP contribution in [0.5, 0.6) is 0 Å². The molecule has 1 aromatic carbocycles. The predicted octanol–water partition coefficient (Wildman–Crippen LogP) is 3.60. The van der Waals surface area contributed by atoms with E-state index in [1.54, 1.807) is 7.11 Å². The van der Waals surface area contributed by atoms with Crippen molar-refractivity contribution in [1.29, 1.82) is 0 Å². The second-order valence-corrected chi connectivity index (χ2v) is 5.91. The SMILES string of the molecule is COCCC(C)C1CC(c2ccccc2)CCC1O. The van der Waals surface area contributed by atoms with Gasteiger partial charge in [-0.1, -0.05) is 37.3 Å². The Morgan fingerprint density at radius 1 is 1.26 bits per heavy atom. The van der Waals surface area contributed by atoms with Crippen molar-refractivity contribution >= 4 is 0 Å². The first kappa shape index (κ1) is 14.5. The van der Waals surface area contributed by atoms with Gasteiger partial charge in [-0.15, -0.1) is 0 Å². The van der Waals surface area contributed by atoms with Gasteiger partial charge < -0.3 is 9.84 Å². The number of aliphatic hydroxyl groups is 1. The zero-order chi connectivity index (χ0) is 13.7. The van der Waals surface area contributed by atoms with Crippen LogP contribution in [0.1, 0.15) is 44.1 Å². The van der Waals surface area contributed by atoms with Crippen molar-refractivity contribution in [3.05, 3.63) is 35.9 Å². The summed E-state index contributed by atoms with van der Waals surface area (Å²) in [6.45, 7) is 3.04. The molecule has 2 rings (SSSR count). The van der Waals surface area contributed by atoms with Crippen LogP contribution in [-0.2, 0) is 4.74 Å². The molecular weight excluding hydrogens is 236 g/mol. The lowest BCUT2D eigenvalue weighted by Crippen LogP contribution is -2.33. The van der Waals surface area contributed by atoms with Crippen LogP contribution in [0.2, 0.25) is 0 Å². The van der Waals surface area contributed by atoms with E-state index in [0.717, 1.165) is 32.3 Å². The van der Waals surface area contributed by atoms with Crippen molar-refractivity contribution < 1.29 is 9.84 Å². The lowest BCUT2D eigenvalue weighted by atomic mass is 9.71. The normalized spacial score (nSPS) is 29.1. The summed E-state index contributed by atoms with van der Waals surface area (Å²) in [6.07, 6.45) is 4.06. The molecule has 0 bridgehead atoms. The average molecular weight is 262 g/mol. The van der Waals surface area contributed by atoms with E-state index >= 15 is 0 Å². The van der Waals surface area contributed by atoms with E-state index in [9.17, 15) is 5.11 Å². The minimum atomic E-state index is -0.133. The fourth-order valence-electron chi connectivity index (χ4n) is 3.35. The summed E-state index contributed by atoms with van der Waals surface area (Å²) in [7, 11) is 1.75. The van der Waals surface area contributed by atoms with E-state index < -0.39 is 0 Å². The Kier molecular flexibility index (Phi) is 5.41. The van der Waals surface area contributed by atoms with Crippen LogP contribution in [0.3, 0.4) is 0 Å². The summed E-state index contributed by atoms with van der Waals surface area (Å²) in [5, 5.41) is 10.3. The Morgan fingerprint density at radius 2 is 2.00 bits per heavy atom. The van der Waals surface area contributed by atoms with Crippen LogP contribution in [0.4, 0.5) is 0 Å². The van der Waals surface area contributed by atoms with E-state index in [1.165, 1.54) is 5.56 Å². The molecule has 1 aliphatic rings. The molecule has 19 heavy (non-hydrogen) atoms. The molecule has 4 atom stereocenters. The number of benzene rings is 1. The number of rotatable bonds is 5. The van der Waals surface area contributed by atoms with Gasteiger partial charge >= 0.3 is 0 Å². The van der Waals surface area contributed by atoms with Crippen molar-refractivity contribution in [1.82, 2.24) is 0 Å². The standard InChI is InChI=1S/C17H26O2/c1-13(10-11-19-2)16-12-15(8-9-17(16)18)14-6-4-3-5-7-14/h3-7,13,15-18H,8-12H2,1-2H3. The molecule has 1 aliphatic carbocycles. The van der Waals surface area contributed by atoms with Crippen molar-refractivity contribution in [2.24, 2.45) is 11.8 Å². The lowest BCUT2D eigenvalue weighted by molar-refractivity contribution is 0.0247. The highest BCUT2D eigenvalue weighted by Gasteiger charge is 2.33. The molecule has 0 heterocycles. The van der Waals surface area contributed by atoms with Crippen molar-refractivity contribution in [3.63, 3.8) is 0 Å². The molecule has 0 aromatic heterocycles. The van der Waals surface area contributed by atoms with Gasteiger partial charge in [-0.25, -0.2) is 0 Å². The van der Waals surface area contributed by atoms with Crippen molar-refractivity contribution in [2.45, 2.75) is 44.6 Å². The highest BCUT2D eigenvalue weighted by Crippen LogP contribution is 2.40. The number of methoxy groups -OCH3 is 1. The minimum absolute atomic E-state index is 0.133. The van der Waals surface area contributed by atoms with Gasteiger partial charge in [-0.2, -0.15) is 0 Å². The van der Waals surface area contributed by atoms with Crippen molar-refractivity contribution in [2.75, 3.05) is 13.7 Å². The fourth-order valence-corrected chi connectivity index (χ4v) is 3.35. The van der Waals surface area contributed by atoms with Crippen LogP contribution >= 0.6 is 0 Å². The maximum absolute atomic E-state index is 10.3. The van der Waals surface area contributed by atoms with Crippen LogP contribution in [0, 0.1) is 11.8 Å². The second-order valence-electron chi connectivity index (χ2n) is 5.91. The molecule has 0 saturated heterocycles. The number of ether oxygens (including phenoxy) is 1. The third-order valence-electron chi connectivity index (χ3n) is 4.64. The second kappa shape index (κ2) is 7.06. The summed E-state index contributed by atoms with van der Waals surface area (Å²) < 4.78 is 5.17. The smallest absolute Gasteiger partial charge is 0.0571 e. The van der Waals surface area contributed by atoms with Gasteiger partial charge in [0.25, 0.3) is 0 Å². The third kappa shape index (κ3) is 3.80. The van der Waals surface area contributed by atoms with Crippen LogP contribution < -0.4 is 0 Å². The summed E-state index contributed by atoms with van der Waals surface area (Å²) in [5.74, 6) is 1.55. The number of hydrogen-bond acceptors (Lipinski definition) is 2. The number of hydrogen-bond donors (Lipinski definition) is 1. The third-order valence-corrected chi connectivity index (χ3v) is 4.64. The molecule has 0 spiro atoms. The zero-order valence-electron chi connectivity index (χ0n) is 12.1. The summed E-state index contributed by atoms with van der Waals surface area (Å²) in [4.78, 5) is 0. The first-order valence-electron chi connectivity index (χ1n) is 7.44. The maximum atomic E-state index is 10.3. The predicted molar refractivity (Wildman–Crippen MR) is 78.2 cm³/mol. The fraction of sp³-hybridized carbons (Fsp3) is 0.647. The molecule has 2 heteroatoms. The Morgan fingerprint density at radius 3 is 2.68 bits per heavy atom. The van der Waals surface area contributed by atoms with Gasteiger partial charge in [0.15, 0.2) is 0 Å². The highest BCUT2D eigenvalue weighted by molar-refractivity contribution is 5.20. The molecule has 0 amide bonds. The molecule has 1 saturated carbocycles. The monoisotopic (exact) mass is 262 g/mol. The van der Waals surface area contributed by atoms with Crippen LogP contribution in [-0.4, -0.2) is 24.9 Å². The Hall–Kier alpha value is -0.860. The average Bonchev–Trinajstić information content (AvgIpc) is 2.46. The van der Waals surface area contributed by atoms with Crippen LogP contribution in [0.15, 0.2) is 30.3 Å². The van der Waals surface area contributed by atoms with Gasteiger partial charge in [-0.3, -0.25) is 0 Å². The summed E-state index contributed by atoms with van der Waals surface area (Å²) in [5.41, 5.74) is 1.43. The molecular formula is C17H26O2. The van der Waals surface area contributed by atoms with Gasteiger partial charge in [0.2, 0.25) is 0 Å². The van der Waals surface area contributed by atoms with Gasteiger partial charge in [0.1, 0.15) is 0 Å². The summed E-state index contributed by atoms with van der Waals surface area (Å²) >= 11 is 0. The molecule has 4 unspecified atom stereocenters. The van der Waals surface area contributed by atoms with E-state index in [4.69, 9.17) is 4.74 Å².